The molecule has 0 fully saturated rings. The first-order valence-electron chi connectivity index (χ1n) is 14.6. The molecule has 41 heavy (non-hydrogen) atoms. The lowest BCUT2D eigenvalue weighted by atomic mass is 10.0. The molecule has 0 aliphatic carbocycles. The molecule has 0 spiro atoms. The van der Waals surface area contributed by atoms with Gasteiger partial charge in [0, 0.05) is 47.8 Å². The molecule has 0 saturated heterocycles. The lowest BCUT2D eigenvalue weighted by Gasteiger charge is -2.19. The highest BCUT2D eigenvalue weighted by molar-refractivity contribution is 6.16. The van der Waals surface area contributed by atoms with Crippen molar-refractivity contribution in [1.82, 2.24) is 4.57 Å². The summed E-state index contributed by atoms with van der Waals surface area (Å²) >= 11 is 0. The third kappa shape index (κ3) is 8.08. The van der Waals surface area contributed by atoms with Crippen molar-refractivity contribution in [3.63, 3.8) is 0 Å². The van der Waals surface area contributed by atoms with Crippen LogP contribution in [0, 0.1) is 5.92 Å². The van der Waals surface area contributed by atoms with Crippen molar-refractivity contribution in [2.75, 3.05) is 19.8 Å². The van der Waals surface area contributed by atoms with E-state index in [4.69, 9.17) is 14.2 Å². The van der Waals surface area contributed by atoms with Gasteiger partial charge in [-0.1, -0.05) is 56.3 Å². The molecular formula is C35H41NO5. The average Bonchev–Trinajstić information content (AvgIpc) is 3.34. The number of rotatable bonds is 15. The summed E-state index contributed by atoms with van der Waals surface area (Å²) in [7, 11) is 0. The molecule has 0 amide bonds. The van der Waals surface area contributed by atoms with Crippen LogP contribution < -0.4 is 4.74 Å². The van der Waals surface area contributed by atoms with Gasteiger partial charge in [-0.15, -0.1) is 0 Å². The maximum absolute atomic E-state index is 13.5. The van der Waals surface area contributed by atoms with Gasteiger partial charge in [-0.25, -0.2) is 0 Å². The van der Waals surface area contributed by atoms with Crippen molar-refractivity contribution < 1.29 is 23.8 Å². The van der Waals surface area contributed by atoms with Gasteiger partial charge in [0.1, 0.15) is 18.5 Å². The Balaban J connectivity index is 1.42. The number of hydrogen-bond donors (Lipinski definition) is 0. The molecule has 0 unspecified atom stereocenters. The molecule has 1 atom stereocenters. The highest BCUT2D eigenvalue weighted by Gasteiger charge is 2.18. The number of benzene rings is 3. The fraction of sp³-hybridized carbons (Fsp3) is 0.371. The van der Waals surface area contributed by atoms with Gasteiger partial charge >= 0.3 is 5.97 Å². The van der Waals surface area contributed by atoms with E-state index < -0.39 is 0 Å². The highest BCUT2D eigenvalue weighted by Crippen LogP contribution is 2.26. The van der Waals surface area contributed by atoms with Crippen LogP contribution in [0.3, 0.4) is 0 Å². The van der Waals surface area contributed by atoms with Gasteiger partial charge < -0.3 is 18.8 Å². The summed E-state index contributed by atoms with van der Waals surface area (Å²) in [6, 6.07) is 23.7. The molecule has 6 heteroatoms. The number of carbonyl (C=O) groups excluding carboxylic acids is 2. The number of ketones is 1. The van der Waals surface area contributed by atoms with E-state index in [1.54, 1.807) is 19.1 Å². The van der Waals surface area contributed by atoms with Crippen LogP contribution >= 0.6 is 0 Å². The summed E-state index contributed by atoms with van der Waals surface area (Å²) in [4.78, 5) is 25.3. The summed E-state index contributed by atoms with van der Waals surface area (Å²) in [6.07, 6.45) is 3.75. The quantitative estimate of drug-likeness (QED) is 0.112. The number of carbonyl (C=O) groups is 2. The van der Waals surface area contributed by atoms with Gasteiger partial charge in [0.25, 0.3) is 0 Å². The second-order valence-corrected chi connectivity index (χ2v) is 10.6. The van der Waals surface area contributed by atoms with E-state index in [0.29, 0.717) is 62.0 Å². The third-order valence-electron chi connectivity index (χ3n) is 7.00. The van der Waals surface area contributed by atoms with Crippen LogP contribution in [0.2, 0.25) is 0 Å². The van der Waals surface area contributed by atoms with E-state index in [2.05, 4.69) is 38.1 Å². The number of para-hydroxylation sites is 1. The Bertz CT molecular complexity index is 1420. The number of aryl methyl sites for hydroxylation is 1. The minimum absolute atomic E-state index is 0.0504. The smallest absolute Gasteiger partial charge is 0.305 e. The summed E-state index contributed by atoms with van der Waals surface area (Å²) in [5.41, 5.74) is 4.61. The van der Waals surface area contributed by atoms with E-state index in [-0.39, 0.29) is 17.9 Å². The Morgan fingerprint density at radius 3 is 2.29 bits per heavy atom. The average molecular weight is 556 g/mol. The Hall–Kier alpha value is -3.90. The molecular weight excluding hydrogens is 514 g/mol. The standard InChI is InChI=1S/C35H41NO5/c1-5-39-33(27-15-13-26(14-16-27)22-25(3)4)24-41-29-19-17-28(18-20-29)35(38)31-23-36(21-9-12-34(37)40-6-2)32-11-8-7-10-30(31)32/h7-8,10-11,13-20,23,25,33H,5-6,9,12,21-22,24H2,1-4H3/t33-/m1/s1. The first-order valence-corrected chi connectivity index (χ1v) is 14.6. The van der Waals surface area contributed by atoms with Crippen molar-refractivity contribution in [3.05, 3.63) is 101 Å². The Morgan fingerprint density at radius 1 is 0.878 bits per heavy atom. The van der Waals surface area contributed by atoms with Crippen LogP contribution in [0.25, 0.3) is 10.9 Å². The van der Waals surface area contributed by atoms with Crippen molar-refractivity contribution in [2.45, 2.75) is 59.6 Å². The van der Waals surface area contributed by atoms with Crippen LogP contribution in [0.5, 0.6) is 5.75 Å². The van der Waals surface area contributed by atoms with Gasteiger partial charge in [0.15, 0.2) is 5.78 Å². The van der Waals surface area contributed by atoms with Gasteiger partial charge in [0.2, 0.25) is 0 Å². The monoisotopic (exact) mass is 555 g/mol. The molecule has 0 bridgehead atoms. The van der Waals surface area contributed by atoms with E-state index >= 15 is 0 Å². The SMILES string of the molecule is CCOC(=O)CCCn1cc(C(=O)c2ccc(OC[C@@H](OCC)c3ccc(CC(C)C)cc3)cc2)c2ccccc21. The summed E-state index contributed by atoms with van der Waals surface area (Å²) in [6.45, 7) is 10.2. The van der Waals surface area contributed by atoms with Crippen molar-refractivity contribution in [2.24, 2.45) is 5.92 Å². The number of esters is 1. The maximum Gasteiger partial charge on any atom is 0.305 e. The number of aromatic nitrogens is 1. The second-order valence-electron chi connectivity index (χ2n) is 10.6. The van der Waals surface area contributed by atoms with E-state index in [1.807, 2.05) is 54.1 Å². The van der Waals surface area contributed by atoms with Crippen LogP contribution in [-0.4, -0.2) is 36.1 Å². The van der Waals surface area contributed by atoms with Crippen LogP contribution in [0.15, 0.2) is 79.0 Å². The predicted molar refractivity (Wildman–Crippen MR) is 163 cm³/mol. The van der Waals surface area contributed by atoms with Crippen LogP contribution in [-0.2, 0) is 27.2 Å². The molecule has 0 radical (unpaired) electrons. The zero-order valence-electron chi connectivity index (χ0n) is 24.6. The Kier molecular flexibility index (Phi) is 10.7. The molecule has 1 aromatic heterocycles. The summed E-state index contributed by atoms with van der Waals surface area (Å²) < 4.78 is 19.2. The van der Waals surface area contributed by atoms with Crippen molar-refractivity contribution >= 4 is 22.7 Å². The molecule has 4 rings (SSSR count). The fourth-order valence-corrected chi connectivity index (χ4v) is 5.05. The molecule has 216 valence electrons. The molecule has 1 heterocycles. The lowest BCUT2D eigenvalue weighted by molar-refractivity contribution is -0.143. The van der Waals surface area contributed by atoms with Crippen LogP contribution in [0.4, 0.5) is 0 Å². The van der Waals surface area contributed by atoms with Gasteiger partial charge in [-0.2, -0.15) is 0 Å². The first-order chi connectivity index (χ1) is 19.9. The predicted octanol–water partition coefficient (Wildman–Crippen LogP) is 7.57. The van der Waals surface area contributed by atoms with Gasteiger partial charge in [-0.3, -0.25) is 9.59 Å². The normalized spacial score (nSPS) is 12.0. The minimum Gasteiger partial charge on any atom is -0.491 e. The van der Waals surface area contributed by atoms with E-state index in [1.165, 1.54) is 5.56 Å². The largest absolute Gasteiger partial charge is 0.491 e. The molecule has 0 N–H and O–H groups in total. The van der Waals surface area contributed by atoms with Gasteiger partial charge in [-0.05, 0) is 74.1 Å². The molecule has 0 aliphatic rings. The Labute approximate surface area is 243 Å². The fourth-order valence-electron chi connectivity index (χ4n) is 5.05. The first kappa shape index (κ1) is 30.1. The third-order valence-corrected chi connectivity index (χ3v) is 7.00. The second kappa shape index (κ2) is 14.6. The lowest BCUT2D eigenvalue weighted by Crippen LogP contribution is -2.14. The topological polar surface area (TPSA) is 66.8 Å². The maximum atomic E-state index is 13.5. The van der Waals surface area contributed by atoms with E-state index in [0.717, 1.165) is 22.9 Å². The molecule has 6 nitrogen and oxygen atoms in total. The molecule has 0 saturated carbocycles. The summed E-state index contributed by atoms with van der Waals surface area (Å²) in [5, 5.41) is 0.896. The zero-order valence-corrected chi connectivity index (χ0v) is 24.6. The molecule has 0 aliphatic heterocycles. The van der Waals surface area contributed by atoms with Crippen LogP contribution in [0.1, 0.15) is 73.7 Å². The molecule has 4 aromatic rings. The highest BCUT2D eigenvalue weighted by atomic mass is 16.5. The molecule has 3 aromatic carbocycles. The van der Waals surface area contributed by atoms with E-state index in [9.17, 15) is 9.59 Å². The summed E-state index contributed by atoms with van der Waals surface area (Å²) in [5.74, 6) is 1.05. The zero-order chi connectivity index (χ0) is 29.2. The van der Waals surface area contributed by atoms with Crippen molar-refractivity contribution in [3.8, 4) is 5.75 Å². The number of fused-ring (bicyclic) bond motifs is 1. The van der Waals surface area contributed by atoms with Gasteiger partial charge in [0.05, 0.1) is 6.61 Å². The van der Waals surface area contributed by atoms with Crippen molar-refractivity contribution in [1.29, 1.82) is 0 Å². The minimum atomic E-state index is -0.199. The number of hydrogen-bond acceptors (Lipinski definition) is 5. The Morgan fingerprint density at radius 2 is 1.61 bits per heavy atom. The number of ether oxygens (including phenoxy) is 3. The number of nitrogens with zero attached hydrogens (tertiary/aromatic N) is 1.